The molecular weight excluding hydrogens is 306 g/mol. The molecule has 2 aromatic carbocycles. The number of amides is 2. The number of benzene rings is 2. The molecule has 0 fully saturated rings. The smallest absolute Gasteiger partial charge is 0.319 e. The summed E-state index contributed by atoms with van der Waals surface area (Å²) in [6, 6.07) is 9.80. The molecule has 0 aliphatic carbocycles. The second kappa shape index (κ2) is 6.36. The molecule has 0 bridgehead atoms. The third-order valence-corrected chi connectivity index (χ3v) is 4.59. The third-order valence-electron chi connectivity index (χ3n) is 3.43. The third kappa shape index (κ3) is 3.22. The first-order valence-electron chi connectivity index (χ1n) is 6.88. The molecular formula is C16H14F2N2OS. The van der Waals surface area contributed by atoms with Crippen molar-refractivity contribution in [3.63, 3.8) is 0 Å². The predicted octanol–water partition coefficient (Wildman–Crippen LogP) is 4.32. The van der Waals surface area contributed by atoms with Crippen LogP contribution in [-0.4, -0.2) is 11.8 Å². The molecule has 0 aromatic heterocycles. The highest BCUT2D eigenvalue weighted by Crippen LogP contribution is 2.37. The molecule has 2 aromatic rings. The van der Waals surface area contributed by atoms with Crippen LogP contribution in [0.1, 0.15) is 18.0 Å². The Bertz CT molecular complexity index is 691. The Morgan fingerprint density at radius 3 is 2.68 bits per heavy atom. The first kappa shape index (κ1) is 14.8. The van der Waals surface area contributed by atoms with E-state index in [0.717, 1.165) is 17.7 Å². The van der Waals surface area contributed by atoms with Crippen LogP contribution in [0, 0.1) is 11.6 Å². The van der Waals surface area contributed by atoms with Crippen LogP contribution < -0.4 is 10.6 Å². The van der Waals surface area contributed by atoms with E-state index in [1.54, 1.807) is 6.07 Å². The number of thioether (sulfide) groups is 1. The lowest BCUT2D eigenvalue weighted by atomic mass is 10.0. The molecule has 2 amide bonds. The summed E-state index contributed by atoms with van der Waals surface area (Å²) in [5.74, 6) is 0.128. The maximum atomic E-state index is 13.8. The van der Waals surface area contributed by atoms with Gasteiger partial charge in [0, 0.05) is 16.3 Å². The number of fused-ring (bicyclic) bond motifs is 1. The van der Waals surface area contributed by atoms with E-state index in [2.05, 4.69) is 10.6 Å². The predicted molar refractivity (Wildman–Crippen MR) is 83.0 cm³/mol. The van der Waals surface area contributed by atoms with Gasteiger partial charge in [-0.15, -0.1) is 11.8 Å². The summed E-state index contributed by atoms with van der Waals surface area (Å²) in [6.07, 6.45) is 0.734. The summed E-state index contributed by atoms with van der Waals surface area (Å²) >= 11 is 1.46. The quantitative estimate of drug-likeness (QED) is 0.865. The van der Waals surface area contributed by atoms with Crippen LogP contribution in [-0.2, 0) is 0 Å². The SMILES string of the molecule is O=C(Nc1ccc(F)cc1)N[C@H]1CCSc2c(F)cccc21. The van der Waals surface area contributed by atoms with Gasteiger partial charge < -0.3 is 10.6 Å². The highest BCUT2D eigenvalue weighted by molar-refractivity contribution is 7.99. The molecule has 1 aliphatic rings. The molecule has 114 valence electrons. The van der Waals surface area contributed by atoms with Crippen molar-refractivity contribution in [2.75, 3.05) is 11.1 Å². The van der Waals surface area contributed by atoms with E-state index >= 15 is 0 Å². The Balaban J connectivity index is 1.70. The van der Waals surface area contributed by atoms with Crippen LogP contribution in [0.3, 0.4) is 0 Å². The zero-order valence-electron chi connectivity index (χ0n) is 11.6. The molecule has 1 atom stereocenters. The second-order valence-electron chi connectivity index (χ2n) is 4.95. The molecule has 3 rings (SSSR count). The van der Waals surface area contributed by atoms with Crippen molar-refractivity contribution >= 4 is 23.5 Å². The lowest BCUT2D eigenvalue weighted by molar-refractivity contribution is 0.248. The van der Waals surface area contributed by atoms with E-state index in [9.17, 15) is 13.6 Å². The Hall–Kier alpha value is -2.08. The van der Waals surface area contributed by atoms with Gasteiger partial charge in [-0.2, -0.15) is 0 Å². The number of urea groups is 1. The van der Waals surface area contributed by atoms with Gasteiger partial charge in [0.2, 0.25) is 0 Å². The van der Waals surface area contributed by atoms with Gasteiger partial charge in [-0.05, 0) is 42.3 Å². The van der Waals surface area contributed by atoms with E-state index in [0.29, 0.717) is 10.6 Å². The molecule has 0 radical (unpaired) electrons. The monoisotopic (exact) mass is 320 g/mol. The van der Waals surface area contributed by atoms with Crippen LogP contribution >= 0.6 is 11.8 Å². The average Bonchev–Trinajstić information content (AvgIpc) is 2.51. The summed E-state index contributed by atoms with van der Waals surface area (Å²) in [5, 5.41) is 5.49. The molecule has 0 saturated heterocycles. The van der Waals surface area contributed by atoms with Gasteiger partial charge in [-0.25, -0.2) is 13.6 Å². The number of halogens is 2. The van der Waals surface area contributed by atoms with Gasteiger partial charge in [0.15, 0.2) is 0 Å². The van der Waals surface area contributed by atoms with Crippen LogP contribution in [0.2, 0.25) is 0 Å². The van der Waals surface area contributed by atoms with Crippen molar-refractivity contribution in [1.29, 1.82) is 0 Å². The van der Waals surface area contributed by atoms with Crippen molar-refractivity contribution < 1.29 is 13.6 Å². The normalized spacial score (nSPS) is 16.7. The van der Waals surface area contributed by atoms with E-state index in [-0.39, 0.29) is 17.7 Å². The van der Waals surface area contributed by atoms with Crippen molar-refractivity contribution in [1.82, 2.24) is 5.32 Å². The van der Waals surface area contributed by atoms with Gasteiger partial charge in [-0.1, -0.05) is 12.1 Å². The van der Waals surface area contributed by atoms with Crippen LogP contribution in [0.4, 0.5) is 19.3 Å². The zero-order valence-corrected chi connectivity index (χ0v) is 12.4. The Morgan fingerprint density at radius 1 is 1.14 bits per heavy atom. The fourth-order valence-electron chi connectivity index (χ4n) is 2.40. The minimum atomic E-state index is -0.390. The Labute approximate surface area is 131 Å². The lowest BCUT2D eigenvalue weighted by Crippen LogP contribution is -2.34. The second-order valence-corrected chi connectivity index (χ2v) is 6.06. The van der Waals surface area contributed by atoms with Crippen LogP contribution in [0.25, 0.3) is 0 Å². The number of hydrogen-bond donors (Lipinski definition) is 2. The molecule has 2 N–H and O–H groups in total. The Morgan fingerprint density at radius 2 is 1.91 bits per heavy atom. The molecule has 6 heteroatoms. The molecule has 0 spiro atoms. The van der Waals surface area contributed by atoms with Crippen molar-refractivity contribution in [3.05, 3.63) is 59.7 Å². The summed E-state index contributed by atoms with van der Waals surface area (Å²) in [4.78, 5) is 12.6. The number of anilines is 1. The summed E-state index contributed by atoms with van der Waals surface area (Å²) in [5.41, 5.74) is 1.30. The fraction of sp³-hybridized carbons (Fsp3) is 0.188. The maximum absolute atomic E-state index is 13.8. The van der Waals surface area contributed by atoms with Crippen molar-refractivity contribution in [3.8, 4) is 0 Å². The van der Waals surface area contributed by atoms with Gasteiger partial charge in [-0.3, -0.25) is 0 Å². The topological polar surface area (TPSA) is 41.1 Å². The van der Waals surface area contributed by atoms with E-state index in [4.69, 9.17) is 0 Å². The van der Waals surface area contributed by atoms with Crippen molar-refractivity contribution in [2.45, 2.75) is 17.4 Å². The maximum Gasteiger partial charge on any atom is 0.319 e. The van der Waals surface area contributed by atoms with E-state index in [1.807, 2.05) is 6.07 Å². The van der Waals surface area contributed by atoms with Gasteiger partial charge in [0.05, 0.1) is 6.04 Å². The molecule has 3 nitrogen and oxygen atoms in total. The van der Waals surface area contributed by atoms with E-state index < -0.39 is 6.03 Å². The van der Waals surface area contributed by atoms with Gasteiger partial charge in [0.25, 0.3) is 0 Å². The van der Waals surface area contributed by atoms with Crippen molar-refractivity contribution in [2.24, 2.45) is 0 Å². The minimum Gasteiger partial charge on any atom is -0.331 e. The van der Waals surface area contributed by atoms with E-state index in [1.165, 1.54) is 42.1 Å². The summed E-state index contributed by atoms with van der Waals surface area (Å²) in [6.45, 7) is 0. The number of carbonyl (C=O) groups excluding carboxylic acids is 1. The standard InChI is InChI=1S/C16H14F2N2OS/c17-10-4-6-11(7-5-10)19-16(21)20-14-8-9-22-15-12(14)2-1-3-13(15)18/h1-7,14H,8-9H2,(H2,19,20,21)/t14-/m0/s1. The molecule has 0 saturated carbocycles. The first-order valence-corrected chi connectivity index (χ1v) is 7.86. The number of carbonyl (C=O) groups is 1. The molecule has 22 heavy (non-hydrogen) atoms. The highest BCUT2D eigenvalue weighted by atomic mass is 32.2. The average molecular weight is 320 g/mol. The van der Waals surface area contributed by atoms with Gasteiger partial charge in [0.1, 0.15) is 11.6 Å². The summed E-state index contributed by atoms with van der Waals surface area (Å²) in [7, 11) is 0. The number of rotatable bonds is 2. The molecule has 0 unspecified atom stereocenters. The lowest BCUT2D eigenvalue weighted by Gasteiger charge is -2.26. The highest BCUT2D eigenvalue weighted by Gasteiger charge is 2.24. The summed E-state index contributed by atoms with van der Waals surface area (Å²) < 4.78 is 26.6. The molecule has 1 aliphatic heterocycles. The zero-order chi connectivity index (χ0) is 15.5. The fourth-order valence-corrected chi connectivity index (χ4v) is 3.54. The molecule has 1 heterocycles. The van der Waals surface area contributed by atoms with Crippen LogP contribution in [0.15, 0.2) is 47.4 Å². The minimum absolute atomic E-state index is 0.229. The van der Waals surface area contributed by atoms with Gasteiger partial charge >= 0.3 is 6.03 Å². The number of hydrogen-bond acceptors (Lipinski definition) is 2. The number of nitrogens with one attached hydrogen (secondary N) is 2. The first-order chi connectivity index (χ1) is 10.6. The largest absolute Gasteiger partial charge is 0.331 e. The van der Waals surface area contributed by atoms with Crippen LogP contribution in [0.5, 0.6) is 0 Å². The Kier molecular flexibility index (Phi) is 4.29.